The molecule has 1 rings (SSSR count). The Balaban J connectivity index is 2.69. The van der Waals surface area contributed by atoms with Crippen LogP contribution in [0.4, 0.5) is 0 Å². The molecule has 1 aromatic rings. The normalized spacial score (nSPS) is 14.1. The molecule has 3 heteroatoms. The zero-order chi connectivity index (χ0) is 12.2. The molecule has 2 N–H and O–H groups in total. The first kappa shape index (κ1) is 13.7. The van der Waals surface area contributed by atoms with E-state index in [4.69, 9.17) is 10.7 Å². The van der Waals surface area contributed by atoms with Gasteiger partial charge < -0.3 is 5.73 Å². The Hall–Kier alpha value is -0.410. The van der Waals surface area contributed by atoms with Crippen molar-refractivity contribution in [2.45, 2.75) is 52.9 Å². The highest BCUT2D eigenvalue weighted by molar-refractivity contribution is 7.09. The Bertz CT molecular complexity index is 312. The van der Waals surface area contributed by atoms with Crippen LogP contribution in [0.15, 0.2) is 5.38 Å². The molecule has 1 heterocycles. The van der Waals surface area contributed by atoms with E-state index in [2.05, 4.69) is 33.1 Å². The van der Waals surface area contributed by atoms with Gasteiger partial charge in [-0.3, -0.25) is 0 Å². The molecule has 0 aliphatic rings. The molecule has 0 saturated carbocycles. The van der Waals surface area contributed by atoms with Crippen molar-refractivity contribution >= 4 is 11.3 Å². The summed E-state index contributed by atoms with van der Waals surface area (Å²) in [4.78, 5) is 4.72. The fourth-order valence-corrected chi connectivity index (χ4v) is 2.96. The number of nitrogens with two attached hydrogens (primary N) is 1. The minimum Gasteiger partial charge on any atom is -0.330 e. The predicted molar refractivity (Wildman–Crippen MR) is 72.0 cm³/mol. The molecule has 1 atom stereocenters. The van der Waals surface area contributed by atoms with Gasteiger partial charge in [-0.25, -0.2) is 4.98 Å². The standard InChI is InChI=1S/C13H24N2S/c1-5-6-10(8-14)11-9-16-12(15-11)7-13(2,3)4/h9-10H,5-8,14H2,1-4H3. The Morgan fingerprint density at radius 3 is 2.62 bits per heavy atom. The maximum Gasteiger partial charge on any atom is 0.0933 e. The van der Waals surface area contributed by atoms with Crippen LogP contribution in [0.25, 0.3) is 0 Å². The van der Waals surface area contributed by atoms with Gasteiger partial charge in [-0.1, -0.05) is 34.1 Å². The zero-order valence-corrected chi connectivity index (χ0v) is 11.7. The highest BCUT2D eigenvalue weighted by Crippen LogP contribution is 2.26. The van der Waals surface area contributed by atoms with Crippen molar-refractivity contribution in [1.29, 1.82) is 0 Å². The van der Waals surface area contributed by atoms with E-state index in [0.717, 1.165) is 12.8 Å². The van der Waals surface area contributed by atoms with Gasteiger partial charge in [-0.15, -0.1) is 11.3 Å². The molecule has 0 aliphatic carbocycles. The molecule has 0 aliphatic heterocycles. The zero-order valence-electron chi connectivity index (χ0n) is 10.9. The molecule has 0 amide bonds. The molecule has 0 saturated heterocycles. The summed E-state index contributed by atoms with van der Waals surface area (Å²) in [6.07, 6.45) is 3.38. The first-order valence-corrected chi connectivity index (χ1v) is 6.98. The van der Waals surface area contributed by atoms with E-state index in [0.29, 0.717) is 17.9 Å². The highest BCUT2D eigenvalue weighted by atomic mass is 32.1. The van der Waals surface area contributed by atoms with Crippen LogP contribution in [0.5, 0.6) is 0 Å². The minimum atomic E-state index is 0.318. The topological polar surface area (TPSA) is 38.9 Å². The first-order chi connectivity index (χ1) is 7.46. The average molecular weight is 240 g/mol. The summed E-state index contributed by atoms with van der Waals surface area (Å²) in [7, 11) is 0. The molecule has 0 bridgehead atoms. The van der Waals surface area contributed by atoms with Crippen molar-refractivity contribution < 1.29 is 0 Å². The van der Waals surface area contributed by atoms with Crippen LogP contribution >= 0.6 is 11.3 Å². The number of rotatable bonds is 5. The van der Waals surface area contributed by atoms with Crippen LogP contribution < -0.4 is 5.73 Å². The monoisotopic (exact) mass is 240 g/mol. The van der Waals surface area contributed by atoms with E-state index in [1.54, 1.807) is 11.3 Å². The number of thiazole rings is 1. The average Bonchev–Trinajstić information content (AvgIpc) is 2.59. The van der Waals surface area contributed by atoms with Crippen LogP contribution in [-0.2, 0) is 6.42 Å². The molecule has 92 valence electrons. The van der Waals surface area contributed by atoms with Crippen molar-refractivity contribution in [3.8, 4) is 0 Å². The van der Waals surface area contributed by atoms with Crippen molar-refractivity contribution in [1.82, 2.24) is 4.98 Å². The van der Waals surface area contributed by atoms with E-state index in [-0.39, 0.29) is 0 Å². The predicted octanol–water partition coefficient (Wildman–Crippen LogP) is 3.57. The van der Waals surface area contributed by atoms with Crippen molar-refractivity contribution in [3.63, 3.8) is 0 Å². The molecule has 1 aromatic heterocycles. The van der Waals surface area contributed by atoms with Crippen LogP contribution in [0.1, 0.15) is 57.2 Å². The van der Waals surface area contributed by atoms with Crippen molar-refractivity contribution in [2.75, 3.05) is 6.54 Å². The van der Waals surface area contributed by atoms with Crippen LogP contribution in [-0.4, -0.2) is 11.5 Å². The second-order valence-electron chi connectivity index (χ2n) is 5.62. The fraction of sp³-hybridized carbons (Fsp3) is 0.769. The number of hydrogen-bond acceptors (Lipinski definition) is 3. The van der Waals surface area contributed by atoms with Crippen LogP contribution in [0, 0.1) is 5.41 Å². The van der Waals surface area contributed by atoms with Crippen molar-refractivity contribution in [3.05, 3.63) is 16.1 Å². The summed E-state index contributed by atoms with van der Waals surface area (Å²) in [5.74, 6) is 0.454. The van der Waals surface area contributed by atoms with Gasteiger partial charge in [0, 0.05) is 24.3 Å². The Morgan fingerprint density at radius 2 is 2.12 bits per heavy atom. The fourth-order valence-electron chi connectivity index (χ4n) is 1.78. The second kappa shape index (κ2) is 5.78. The quantitative estimate of drug-likeness (QED) is 0.854. The highest BCUT2D eigenvalue weighted by Gasteiger charge is 2.17. The second-order valence-corrected chi connectivity index (χ2v) is 6.57. The van der Waals surface area contributed by atoms with E-state index in [1.165, 1.54) is 17.1 Å². The van der Waals surface area contributed by atoms with Gasteiger partial charge in [0.2, 0.25) is 0 Å². The van der Waals surface area contributed by atoms with Gasteiger partial charge in [0.1, 0.15) is 0 Å². The van der Waals surface area contributed by atoms with Crippen LogP contribution in [0.2, 0.25) is 0 Å². The Kier molecular flexibility index (Phi) is 4.93. The number of nitrogens with zero attached hydrogens (tertiary/aromatic N) is 1. The van der Waals surface area contributed by atoms with E-state index in [1.807, 2.05) is 0 Å². The minimum absolute atomic E-state index is 0.318. The number of hydrogen-bond donors (Lipinski definition) is 1. The molecular formula is C13H24N2S. The van der Waals surface area contributed by atoms with Crippen molar-refractivity contribution in [2.24, 2.45) is 11.1 Å². The summed E-state index contributed by atoms with van der Waals surface area (Å²) in [6, 6.07) is 0. The molecule has 2 nitrogen and oxygen atoms in total. The molecule has 0 spiro atoms. The lowest BCUT2D eigenvalue weighted by Crippen LogP contribution is -2.13. The maximum atomic E-state index is 5.79. The lowest BCUT2D eigenvalue weighted by Gasteiger charge is -2.15. The third kappa shape index (κ3) is 4.22. The van der Waals surface area contributed by atoms with Gasteiger partial charge in [0.05, 0.1) is 10.7 Å². The molecule has 0 radical (unpaired) electrons. The molecule has 16 heavy (non-hydrogen) atoms. The van der Waals surface area contributed by atoms with Gasteiger partial charge >= 0.3 is 0 Å². The van der Waals surface area contributed by atoms with Crippen LogP contribution in [0.3, 0.4) is 0 Å². The Morgan fingerprint density at radius 1 is 1.44 bits per heavy atom. The molecule has 1 unspecified atom stereocenters. The summed E-state index contributed by atoms with van der Waals surface area (Å²) in [5, 5.41) is 3.44. The van der Waals surface area contributed by atoms with E-state index in [9.17, 15) is 0 Å². The number of aromatic nitrogens is 1. The first-order valence-electron chi connectivity index (χ1n) is 6.10. The van der Waals surface area contributed by atoms with E-state index < -0.39 is 0 Å². The third-order valence-electron chi connectivity index (χ3n) is 2.59. The summed E-state index contributed by atoms with van der Waals surface area (Å²) < 4.78 is 0. The van der Waals surface area contributed by atoms with Gasteiger partial charge in [0.25, 0.3) is 0 Å². The summed E-state index contributed by atoms with van der Waals surface area (Å²) in [6.45, 7) is 9.67. The third-order valence-corrected chi connectivity index (χ3v) is 3.46. The summed E-state index contributed by atoms with van der Waals surface area (Å²) >= 11 is 1.78. The Labute approximate surface area is 103 Å². The SMILES string of the molecule is CCCC(CN)c1csc(CC(C)(C)C)n1. The maximum absolute atomic E-state index is 5.79. The largest absolute Gasteiger partial charge is 0.330 e. The molecular weight excluding hydrogens is 216 g/mol. The van der Waals surface area contributed by atoms with Gasteiger partial charge in [-0.05, 0) is 11.8 Å². The lowest BCUT2D eigenvalue weighted by molar-refractivity contribution is 0.409. The van der Waals surface area contributed by atoms with E-state index >= 15 is 0 Å². The summed E-state index contributed by atoms with van der Waals surface area (Å²) in [5.41, 5.74) is 7.31. The smallest absolute Gasteiger partial charge is 0.0933 e. The lowest BCUT2D eigenvalue weighted by atomic mass is 9.93. The molecule has 0 aromatic carbocycles. The molecule has 0 fully saturated rings. The van der Waals surface area contributed by atoms with Gasteiger partial charge in [-0.2, -0.15) is 0 Å². The van der Waals surface area contributed by atoms with Gasteiger partial charge in [0.15, 0.2) is 0 Å².